The third-order valence-electron chi connectivity index (χ3n) is 3.28. The van der Waals surface area contributed by atoms with Crippen LogP contribution in [0.2, 0.25) is 0 Å². The van der Waals surface area contributed by atoms with Gasteiger partial charge in [-0.1, -0.05) is 26.0 Å². The van der Waals surface area contributed by atoms with Crippen LogP contribution in [0.25, 0.3) is 0 Å². The highest BCUT2D eigenvalue weighted by Crippen LogP contribution is 2.15. The number of hydrogen-bond donors (Lipinski definition) is 2. The van der Waals surface area contributed by atoms with Crippen LogP contribution in [0.4, 0.5) is 5.69 Å². The molecule has 1 rings (SSSR count). The van der Waals surface area contributed by atoms with Gasteiger partial charge in [-0.3, -0.25) is 9.59 Å². The summed E-state index contributed by atoms with van der Waals surface area (Å²) >= 11 is 0. The Balaban J connectivity index is 2.62. The maximum Gasteiger partial charge on any atom is 0.234 e. The van der Waals surface area contributed by atoms with Crippen molar-refractivity contribution in [1.82, 2.24) is 5.32 Å². The highest BCUT2D eigenvalue weighted by molar-refractivity contribution is 5.92. The number of nitriles is 1. The molecule has 0 fully saturated rings. The Hall–Kier alpha value is -2.35. The first-order valence-electron chi connectivity index (χ1n) is 7.14. The molecule has 0 unspecified atom stereocenters. The van der Waals surface area contributed by atoms with Gasteiger partial charge in [-0.2, -0.15) is 5.26 Å². The lowest BCUT2D eigenvalue weighted by Crippen LogP contribution is -2.23. The summed E-state index contributed by atoms with van der Waals surface area (Å²) < 4.78 is 0. The Morgan fingerprint density at radius 2 is 2.00 bits per heavy atom. The zero-order valence-electron chi connectivity index (χ0n) is 12.5. The second-order valence-electron chi connectivity index (χ2n) is 4.81. The summed E-state index contributed by atoms with van der Waals surface area (Å²) in [5.41, 5.74) is 1.60. The standard InChI is InChI=1S/C16H21N3O2/c1-3-13(4-2)16(21)19-14-7-5-6-12(10-14)11-18-15(20)8-9-17/h5-7,10,13H,3-4,8,11H2,1-2H3,(H,18,20)(H,19,21). The number of hydrogen-bond acceptors (Lipinski definition) is 3. The second-order valence-corrected chi connectivity index (χ2v) is 4.81. The number of benzene rings is 1. The molecular weight excluding hydrogens is 266 g/mol. The molecule has 0 heterocycles. The van der Waals surface area contributed by atoms with Crippen molar-refractivity contribution in [3.8, 4) is 6.07 Å². The Kier molecular flexibility index (Phi) is 6.96. The molecule has 2 N–H and O–H groups in total. The summed E-state index contributed by atoms with van der Waals surface area (Å²) in [6.45, 7) is 4.33. The van der Waals surface area contributed by atoms with Gasteiger partial charge in [0.05, 0.1) is 6.07 Å². The Labute approximate surface area is 125 Å². The van der Waals surface area contributed by atoms with Crippen molar-refractivity contribution in [2.45, 2.75) is 39.7 Å². The molecule has 0 atom stereocenters. The number of nitrogens with zero attached hydrogens (tertiary/aromatic N) is 1. The minimum atomic E-state index is -0.302. The molecule has 0 aromatic heterocycles. The summed E-state index contributed by atoms with van der Waals surface area (Å²) in [5.74, 6) is -0.265. The molecule has 0 saturated heterocycles. The first-order chi connectivity index (χ1) is 10.1. The third-order valence-corrected chi connectivity index (χ3v) is 3.28. The minimum absolute atomic E-state index is 0.0176. The van der Waals surface area contributed by atoms with Crippen molar-refractivity contribution in [3.63, 3.8) is 0 Å². The van der Waals surface area contributed by atoms with Gasteiger partial charge < -0.3 is 10.6 Å². The number of nitrogens with one attached hydrogen (secondary N) is 2. The van der Waals surface area contributed by atoms with Crippen LogP contribution in [-0.4, -0.2) is 11.8 Å². The Bertz CT molecular complexity index is 531. The van der Waals surface area contributed by atoms with Crippen LogP contribution in [0.3, 0.4) is 0 Å². The topological polar surface area (TPSA) is 82.0 Å². The molecule has 21 heavy (non-hydrogen) atoms. The van der Waals surface area contributed by atoms with Crippen molar-refractivity contribution in [1.29, 1.82) is 5.26 Å². The monoisotopic (exact) mass is 287 g/mol. The van der Waals surface area contributed by atoms with E-state index in [-0.39, 0.29) is 24.2 Å². The van der Waals surface area contributed by atoms with Gasteiger partial charge in [0.2, 0.25) is 11.8 Å². The normalized spacial score (nSPS) is 10.0. The van der Waals surface area contributed by atoms with Gasteiger partial charge in [0, 0.05) is 18.2 Å². The molecule has 0 radical (unpaired) electrons. The first-order valence-corrected chi connectivity index (χ1v) is 7.14. The number of anilines is 1. The maximum atomic E-state index is 12.0. The Morgan fingerprint density at radius 3 is 2.62 bits per heavy atom. The van der Waals surface area contributed by atoms with Crippen molar-refractivity contribution < 1.29 is 9.59 Å². The van der Waals surface area contributed by atoms with E-state index in [1.807, 2.05) is 38.1 Å². The van der Waals surface area contributed by atoms with E-state index >= 15 is 0 Å². The fraction of sp³-hybridized carbons (Fsp3) is 0.438. The molecule has 1 aromatic carbocycles. The summed E-state index contributed by atoms with van der Waals surface area (Å²) in [5, 5.41) is 14.0. The fourth-order valence-corrected chi connectivity index (χ4v) is 2.00. The van der Waals surface area contributed by atoms with E-state index in [0.717, 1.165) is 24.1 Å². The van der Waals surface area contributed by atoms with Crippen LogP contribution >= 0.6 is 0 Å². The van der Waals surface area contributed by atoms with Crippen LogP contribution in [0.15, 0.2) is 24.3 Å². The van der Waals surface area contributed by atoms with Crippen LogP contribution in [0.5, 0.6) is 0 Å². The van der Waals surface area contributed by atoms with E-state index in [4.69, 9.17) is 5.26 Å². The average Bonchev–Trinajstić information content (AvgIpc) is 2.47. The fourth-order valence-electron chi connectivity index (χ4n) is 2.00. The van der Waals surface area contributed by atoms with Crippen molar-refractivity contribution in [2.75, 3.05) is 5.32 Å². The molecule has 0 spiro atoms. The van der Waals surface area contributed by atoms with Crippen molar-refractivity contribution in [3.05, 3.63) is 29.8 Å². The van der Waals surface area contributed by atoms with E-state index in [2.05, 4.69) is 10.6 Å². The van der Waals surface area contributed by atoms with E-state index in [1.165, 1.54) is 0 Å². The largest absolute Gasteiger partial charge is 0.351 e. The zero-order chi connectivity index (χ0) is 15.7. The molecule has 0 saturated carbocycles. The molecule has 0 aliphatic rings. The SMILES string of the molecule is CCC(CC)C(=O)Nc1cccc(CNC(=O)CC#N)c1. The number of carbonyl (C=O) groups excluding carboxylic acids is 2. The molecule has 0 aliphatic carbocycles. The predicted molar refractivity (Wildman–Crippen MR) is 81.2 cm³/mol. The molecule has 0 bridgehead atoms. The quantitative estimate of drug-likeness (QED) is 0.808. The number of carbonyl (C=O) groups is 2. The van der Waals surface area contributed by atoms with E-state index in [0.29, 0.717) is 6.54 Å². The predicted octanol–water partition coefficient (Wildman–Crippen LogP) is 2.59. The lowest BCUT2D eigenvalue weighted by molar-refractivity contribution is -0.121. The minimum Gasteiger partial charge on any atom is -0.351 e. The molecule has 0 aliphatic heterocycles. The zero-order valence-corrected chi connectivity index (χ0v) is 12.5. The second kappa shape index (κ2) is 8.75. The van der Waals surface area contributed by atoms with Gasteiger partial charge in [-0.15, -0.1) is 0 Å². The molecule has 5 nitrogen and oxygen atoms in total. The van der Waals surface area contributed by atoms with Crippen molar-refractivity contribution in [2.24, 2.45) is 5.92 Å². The summed E-state index contributed by atoms with van der Waals surface area (Å²) in [6, 6.07) is 9.13. The van der Waals surface area contributed by atoms with Crippen LogP contribution in [0.1, 0.15) is 38.7 Å². The smallest absolute Gasteiger partial charge is 0.234 e. The number of rotatable bonds is 7. The molecular formula is C16H21N3O2. The van der Waals surface area contributed by atoms with E-state index in [1.54, 1.807) is 6.07 Å². The molecule has 112 valence electrons. The Morgan fingerprint density at radius 1 is 1.29 bits per heavy atom. The summed E-state index contributed by atoms with van der Waals surface area (Å²) in [4.78, 5) is 23.3. The lowest BCUT2D eigenvalue weighted by atomic mass is 10.0. The highest BCUT2D eigenvalue weighted by atomic mass is 16.2. The molecule has 1 aromatic rings. The van der Waals surface area contributed by atoms with E-state index < -0.39 is 0 Å². The first kappa shape index (κ1) is 16.7. The number of amides is 2. The van der Waals surface area contributed by atoms with Crippen LogP contribution < -0.4 is 10.6 Å². The van der Waals surface area contributed by atoms with Gasteiger partial charge in [-0.05, 0) is 30.5 Å². The van der Waals surface area contributed by atoms with Gasteiger partial charge in [0.1, 0.15) is 6.42 Å². The molecule has 2 amide bonds. The van der Waals surface area contributed by atoms with Crippen LogP contribution in [0, 0.1) is 17.2 Å². The van der Waals surface area contributed by atoms with Crippen LogP contribution in [-0.2, 0) is 16.1 Å². The summed E-state index contributed by atoms with van der Waals surface area (Å²) in [7, 11) is 0. The highest BCUT2D eigenvalue weighted by Gasteiger charge is 2.14. The van der Waals surface area contributed by atoms with Gasteiger partial charge in [0.25, 0.3) is 0 Å². The maximum absolute atomic E-state index is 12.0. The lowest BCUT2D eigenvalue weighted by Gasteiger charge is -2.13. The average molecular weight is 287 g/mol. The van der Waals surface area contributed by atoms with Crippen molar-refractivity contribution >= 4 is 17.5 Å². The van der Waals surface area contributed by atoms with Gasteiger partial charge in [-0.25, -0.2) is 0 Å². The third kappa shape index (κ3) is 5.65. The van der Waals surface area contributed by atoms with Gasteiger partial charge in [0.15, 0.2) is 0 Å². The summed E-state index contributed by atoms with van der Waals surface area (Å²) in [6.07, 6.45) is 1.48. The van der Waals surface area contributed by atoms with E-state index in [9.17, 15) is 9.59 Å². The molecule has 5 heteroatoms. The van der Waals surface area contributed by atoms with Gasteiger partial charge >= 0.3 is 0 Å².